The lowest BCUT2D eigenvalue weighted by molar-refractivity contribution is 0.487. The molecular formula is C42H26O. The van der Waals surface area contributed by atoms with Crippen molar-refractivity contribution in [3.63, 3.8) is 0 Å². The Kier molecular flexibility index (Phi) is 4.45. The molecule has 0 fully saturated rings. The van der Waals surface area contributed by atoms with Gasteiger partial charge in [0.2, 0.25) is 0 Å². The van der Waals surface area contributed by atoms with E-state index in [1.165, 1.54) is 0 Å². The third-order valence-corrected chi connectivity index (χ3v) is 8.62. The number of fused-ring (bicyclic) bond motifs is 4. The lowest BCUT2D eigenvalue weighted by atomic mass is 9.83. The number of hydrogen-bond donors (Lipinski definition) is 0. The minimum atomic E-state index is 0.130. The quantitative estimate of drug-likeness (QED) is 0.199. The summed E-state index contributed by atoms with van der Waals surface area (Å²) in [5, 5.41) is 5.33. The number of para-hydroxylation sites is 1. The molecule has 0 amide bonds. The Morgan fingerprint density at radius 3 is 1.74 bits per heavy atom. The molecule has 0 atom stereocenters. The van der Waals surface area contributed by atoms with Gasteiger partial charge in [-0.05, 0) is 90.1 Å². The van der Waals surface area contributed by atoms with Crippen molar-refractivity contribution in [3.8, 4) is 56.0 Å². The van der Waals surface area contributed by atoms with E-state index >= 15 is 0 Å². The molecular weight excluding hydrogens is 520 g/mol. The number of rotatable bonds is 3. The van der Waals surface area contributed by atoms with E-state index in [-0.39, 0.29) is 24.2 Å². The van der Waals surface area contributed by atoms with Crippen molar-refractivity contribution in [3.05, 3.63) is 158 Å². The fraction of sp³-hybridized carbons (Fsp3) is 0. The monoisotopic (exact) mass is 550 g/mol. The van der Waals surface area contributed by atoms with E-state index in [9.17, 15) is 0 Å². The van der Waals surface area contributed by atoms with Gasteiger partial charge in [-0.2, -0.15) is 0 Å². The van der Waals surface area contributed by atoms with Crippen LogP contribution in [0.1, 0.15) is 5.48 Å². The molecule has 1 heteroatoms. The van der Waals surface area contributed by atoms with Crippen LogP contribution >= 0.6 is 0 Å². The van der Waals surface area contributed by atoms with Crippen LogP contribution < -0.4 is 4.74 Å². The van der Waals surface area contributed by atoms with Crippen molar-refractivity contribution in [1.82, 2.24) is 0 Å². The van der Waals surface area contributed by atoms with Gasteiger partial charge in [0.05, 0.1) is 5.48 Å². The first-order valence-electron chi connectivity index (χ1n) is 16.4. The second-order valence-corrected chi connectivity index (χ2v) is 10.9. The highest BCUT2D eigenvalue weighted by molar-refractivity contribution is 6.24. The third-order valence-electron chi connectivity index (χ3n) is 8.62. The van der Waals surface area contributed by atoms with Crippen LogP contribution in [0, 0.1) is 0 Å². The molecule has 0 N–H and O–H groups in total. The summed E-state index contributed by atoms with van der Waals surface area (Å²) < 4.78 is 41.3. The van der Waals surface area contributed by atoms with E-state index in [2.05, 4.69) is 60.7 Å². The van der Waals surface area contributed by atoms with Crippen molar-refractivity contribution in [2.45, 2.75) is 0 Å². The summed E-state index contributed by atoms with van der Waals surface area (Å²) in [7, 11) is 0. The zero-order chi connectivity index (χ0) is 31.8. The molecule has 0 unspecified atom stereocenters. The van der Waals surface area contributed by atoms with Gasteiger partial charge >= 0.3 is 0 Å². The molecule has 0 radical (unpaired) electrons. The van der Waals surface area contributed by atoms with Crippen LogP contribution in [0.3, 0.4) is 0 Å². The molecule has 43 heavy (non-hydrogen) atoms. The Hall–Kier alpha value is -5.66. The molecule has 0 saturated carbocycles. The van der Waals surface area contributed by atoms with Gasteiger partial charge in [0.1, 0.15) is 11.5 Å². The summed E-state index contributed by atoms with van der Waals surface area (Å²) in [6.45, 7) is 0. The summed E-state index contributed by atoms with van der Waals surface area (Å²) in [6.07, 6.45) is 0. The van der Waals surface area contributed by atoms with Crippen LogP contribution in [0.15, 0.2) is 158 Å². The number of hydrogen-bond acceptors (Lipinski definition) is 1. The molecule has 0 aliphatic carbocycles. The Morgan fingerprint density at radius 2 is 0.977 bits per heavy atom. The molecule has 1 heterocycles. The number of benzene rings is 8. The molecule has 9 rings (SSSR count). The first kappa shape index (κ1) is 20.3. The highest BCUT2D eigenvalue weighted by atomic mass is 16.5. The predicted octanol–water partition coefficient (Wildman–Crippen LogP) is 11.9. The molecule has 0 saturated heterocycles. The highest BCUT2D eigenvalue weighted by Crippen LogP contribution is 2.51. The average molecular weight is 551 g/mol. The molecule has 0 spiro atoms. The molecule has 0 bridgehead atoms. The second-order valence-electron chi connectivity index (χ2n) is 10.9. The van der Waals surface area contributed by atoms with Crippen LogP contribution in [-0.2, 0) is 0 Å². The maximum absolute atomic E-state index is 8.74. The van der Waals surface area contributed by atoms with Gasteiger partial charge < -0.3 is 4.74 Å². The Balaban J connectivity index is 1.42. The largest absolute Gasteiger partial charge is 0.456 e. The Morgan fingerprint density at radius 1 is 0.372 bits per heavy atom. The van der Waals surface area contributed by atoms with Crippen molar-refractivity contribution in [2.24, 2.45) is 0 Å². The van der Waals surface area contributed by atoms with E-state index in [0.717, 1.165) is 88.3 Å². The van der Waals surface area contributed by atoms with Crippen molar-refractivity contribution < 1.29 is 10.2 Å². The van der Waals surface area contributed by atoms with Gasteiger partial charge in [0.25, 0.3) is 0 Å². The predicted molar refractivity (Wildman–Crippen MR) is 181 cm³/mol. The topological polar surface area (TPSA) is 9.23 Å². The summed E-state index contributed by atoms with van der Waals surface area (Å²) >= 11 is 0. The van der Waals surface area contributed by atoms with Crippen LogP contribution in [0.4, 0.5) is 0 Å². The summed E-state index contributed by atoms with van der Waals surface area (Å²) in [5.41, 5.74) is 7.94. The Bertz CT molecular complexity index is 2520. The summed E-state index contributed by atoms with van der Waals surface area (Å²) in [6, 6.07) is 44.6. The minimum Gasteiger partial charge on any atom is -0.456 e. The van der Waals surface area contributed by atoms with Crippen LogP contribution in [0.5, 0.6) is 11.5 Å². The van der Waals surface area contributed by atoms with Crippen molar-refractivity contribution in [2.75, 3.05) is 0 Å². The van der Waals surface area contributed by atoms with Gasteiger partial charge in [-0.15, -0.1) is 0 Å². The minimum absolute atomic E-state index is 0.130. The second kappa shape index (κ2) is 9.44. The summed E-state index contributed by atoms with van der Waals surface area (Å²) in [5.74, 6) is 1.60. The summed E-state index contributed by atoms with van der Waals surface area (Å²) in [4.78, 5) is 0. The van der Waals surface area contributed by atoms with Gasteiger partial charge in [-0.25, -0.2) is 0 Å². The smallest absolute Gasteiger partial charge is 0.135 e. The van der Waals surface area contributed by atoms with Gasteiger partial charge in [-0.3, -0.25) is 0 Å². The zero-order valence-electron chi connectivity index (χ0n) is 27.1. The Labute approximate surface area is 255 Å². The van der Waals surface area contributed by atoms with E-state index in [4.69, 9.17) is 10.2 Å². The van der Waals surface area contributed by atoms with Gasteiger partial charge in [-0.1, -0.05) is 133 Å². The van der Waals surface area contributed by atoms with Crippen LogP contribution in [0.2, 0.25) is 0 Å². The fourth-order valence-corrected chi connectivity index (χ4v) is 6.77. The lowest BCUT2D eigenvalue weighted by Gasteiger charge is -2.24. The molecule has 1 aliphatic heterocycles. The highest BCUT2D eigenvalue weighted by Gasteiger charge is 2.23. The maximum Gasteiger partial charge on any atom is 0.135 e. The third kappa shape index (κ3) is 3.65. The average Bonchev–Trinajstić information content (AvgIpc) is 3.10. The molecule has 1 nitrogen and oxygen atoms in total. The lowest BCUT2D eigenvalue weighted by Crippen LogP contribution is -1.98. The fourth-order valence-electron chi connectivity index (χ4n) is 6.77. The van der Waals surface area contributed by atoms with Gasteiger partial charge in [0.15, 0.2) is 0 Å². The molecule has 1 aliphatic rings. The molecule has 200 valence electrons. The van der Waals surface area contributed by atoms with E-state index in [1.807, 2.05) is 48.5 Å². The number of ether oxygens (including phenoxy) is 1. The molecule has 0 aromatic heterocycles. The first-order chi connectivity index (χ1) is 23.0. The van der Waals surface area contributed by atoms with E-state index in [0.29, 0.717) is 0 Å². The molecule has 8 aromatic rings. The van der Waals surface area contributed by atoms with E-state index in [1.54, 1.807) is 24.3 Å². The van der Waals surface area contributed by atoms with Gasteiger partial charge in [0, 0.05) is 10.9 Å². The normalized spacial score (nSPS) is 13.2. The van der Waals surface area contributed by atoms with E-state index < -0.39 is 0 Å². The maximum atomic E-state index is 8.74. The standard InChI is InChI=1S/C42H26O/c1-2-12-27(13-3-1)28-14-10-15-29(26-28)40-32-17-4-6-19-34(32)41(35-20-7-5-18-33(35)40)37-24-25-39-42-31(21-11-22-36(37)42)30-16-8-9-23-38(30)43-39/h1-26H/i4D,5D,6D,7D. The first-order valence-corrected chi connectivity index (χ1v) is 14.4. The zero-order valence-corrected chi connectivity index (χ0v) is 23.1. The van der Waals surface area contributed by atoms with Crippen molar-refractivity contribution in [1.29, 1.82) is 0 Å². The van der Waals surface area contributed by atoms with Crippen LogP contribution in [0.25, 0.3) is 76.8 Å². The molecule has 8 aromatic carbocycles. The van der Waals surface area contributed by atoms with Crippen molar-refractivity contribution >= 4 is 32.3 Å². The SMILES string of the molecule is [2H]c1cc2c(-c3cccc(-c4ccccc4)c3)c3cc([2H])c([2H])cc3c(-c3ccc4c5c(cccc35)-c3ccccc3O4)c2cc1[2H]. The van der Waals surface area contributed by atoms with Crippen LogP contribution in [-0.4, -0.2) is 0 Å².